The van der Waals surface area contributed by atoms with E-state index in [4.69, 9.17) is 4.74 Å². The van der Waals surface area contributed by atoms with Crippen LogP contribution in [0.3, 0.4) is 0 Å². The Bertz CT molecular complexity index is 709. The van der Waals surface area contributed by atoms with Crippen molar-refractivity contribution >= 4 is 12.1 Å². The van der Waals surface area contributed by atoms with Crippen LogP contribution in [0, 0.1) is 20.8 Å². The fourth-order valence-electron chi connectivity index (χ4n) is 2.36. The zero-order chi connectivity index (χ0) is 16.8. The van der Waals surface area contributed by atoms with Gasteiger partial charge >= 0.3 is 0 Å². The average molecular weight is 310 g/mol. The van der Waals surface area contributed by atoms with Crippen molar-refractivity contribution in [3.8, 4) is 0 Å². The monoisotopic (exact) mass is 310 g/mol. The molecular formula is C19H22N2O2. The number of hydrazone groups is 1. The lowest BCUT2D eigenvalue weighted by atomic mass is 10.00. The van der Waals surface area contributed by atoms with Crippen molar-refractivity contribution in [1.82, 2.24) is 5.43 Å². The summed E-state index contributed by atoms with van der Waals surface area (Å²) in [6.07, 6.45) is 0.992. The number of carbonyl (C=O) groups is 1. The number of nitrogens with one attached hydrogen (secondary N) is 1. The summed E-state index contributed by atoms with van der Waals surface area (Å²) in [7, 11) is 1.51. The molecule has 0 radical (unpaired) electrons. The van der Waals surface area contributed by atoms with E-state index in [-0.39, 0.29) is 5.91 Å². The minimum atomic E-state index is -0.672. The number of hydrogen-bond donors (Lipinski definition) is 1. The predicted octanol–water partition coefficient (Wildman–Crippen LogP) is 3.45. The summed E-state index contributed by atoms with van der Waals surface area (Å²) in [5.74, 6) is -0.295. The van der Waals surface area contributed by atoms with E-state index in [2.05, 4.69) is 24.4 Å². The summed E-state index contributed by atoms with van der Waals surface area (Å²) in [6, 6.07) is 13.4. The van der Waals surface area contributed by atoms with Gasteiger partial charge in [0.2, 0.25) is 0 Å². The Morgan fingerprint density at radius 1 is 1.09 bits per heavy atom. The molecule has 0 aliphatic heterocycles. The summed E-state index contributed by atoms with van der Waals surface area (Å²) < 4.78 is 5.27. The molecule has 1 atom stereocenters. The highest BCUT2D eigenvalue weighted by atomic mass is 16.5. The smallest absolute Gasteiger partial charge is 0.273 e. The van der Waals surface area contributed by atoms with Gasteiger partial charge in [0.05, 0.1) is 6.21 Å². The molecule has 0 aliphatic rings. The van der Waals surface area contributed by atoms with Crippen LogP contribution in [0.25, 0.3) is 0 Å². The summed E-state index contributed by atoms with van der Waals surface area (Å²) in [6.45, 7) is 6.21. The molecule has 120 valence electrons. The molecule has 4 nitrogen and oxygen atoms in total. The van der Waals surface area contributed by atoms with Crippen LogP contribution in [-0.4, -0.2) is 19.2 Å². The van der Waals surface area contributed by atoms with E-state index < -0.39 is 6.10 Å². The van der Waals surface area contributed by atoms with Crippen LogP contribution in [0.4, 0.5) is 0 Å². The lowest BCUT2D eigenvalue weighted by Gasteiger charge is -2.13. The second kappa shape index (κ2) is 7.70. The maximum Gasteiger partial charge on any atom is 0.273 e. The van der Waals surface area contributed by atoms with E-state index in [1.807, 2.05) is 49.4 Å². The summed E-state index contributed by atoms with van der Waals surface area (Å²) in [5.41, 5.74) is 7.97. The van der Waals surface area contributed by atoms with Crippen LogP contribution in [0.1, 0.15) is 33.9 Å². The number of ether oxygens (including phenoxy) is 1. The molecule has 0 spiro atoms. The quantitative estimate of drug-likeness (QED) is 0.679. The normalized spacial score (nSPS) is 12.3. The van der Waals surface area contributed by atoms with Gasteiger partial charge in [-0.15, -0.1) is 0 Å². The Morgan fingerprint density at radius 2 is 1.78 bits per heavy atom. The van der Waals surface area contributed by atoms with E-state index in [9.17, 15) is 4.79 Å². The summed E-state index contributed by atoms with van der Waals surface area (Å²) in [4.78, 5) is 12.2. The molecule has 0 saturated carbocycles. The maximum absolute atomic E-state index is 12.2. The number of rotatable bonds is 5. The van der Waals surface area contributed by atoms with E-state index in [0.717, 1.165) is 16.7 Å². The molecule has 0 saturated heterocycles. The van der Waals surface area contributed by atoms with Crippen LogP contribution < -0.4 is 5.43 Å². The molecule has 2 aromatic carbocycles. The van der Waals surface area contributed by atoms with E-state index in [0.29, 0.717) is 0 Å². The standard InChI is InChI=1S/C19H22N2O2/c1-13-10-11-17(15(3)14(13)2)12-20-21-19(22)18(23-4)16-8-6-5-7-9-16/h5-12,18H,1-4H3,(H,21,22). The molecule has 4 heteroatoms. The molecule has 0 aromatic heterocycles. The second-order valence-electron chi connectivity index (χ2n) is 5.48. The molecule has 1 N–H and O–H groups in total. The van der Waals surface area contributed by atoms with Crippen LogP contribution in [0.2, 0.25) is 0 Å². The minimum absolute atomic E-state index is 0.295. The van der Waals surface area contributed by atoms with Crippen LogP contribution in [0.5, 0.6) is 0 Å². The predicted molar refractivity (Wildman–Crippen MR) is 92.6 cm³/mol. The van der Waals surface area contributed by atoms with E-state index >= 15 is 0 Å². The molecule has 23 heavy (non-hydrogen) atoms. The van der Waals surface area contributed by atoms with Gasteiger partial charge in [0.25, 0.3) is 5.91 Å². The van der Waals surface area contributed by atoms with Crippen molar-refractivity contribution in [2.75, 3.05) is 7.11 Å². The first-order valence-corrected chi connectivity index (χ1v) is 7.52. The number of aryl methyl sites for hydroxylation is 1. The van der Waals surface area contributed by atoms with Gasteiger partial charge in [0.15, 0.2) is 6.10 Å². The van der Waals surface area contributed by atoms with Gasteiger partial charge in [0, 0.05) is 7.11 Å². The Hall–Kier alpha value is -2.46. The number of benzene rings is 2. The summed E-state index contributed by atoms with van der Waals surface area (Å²) >= 11 is 0. The van der Waals surface area contributed by atoms with Crippen molar-refractivity contribution in [3.05, 3.63) is 70.3 Å². The zero-order valence-corrected chi connectivity index (χ0v) is 14.0. The molecule has 2 aromatic rings. The number of hydrogen-bond acceptors (Lipinski definition) is 3. The third-order valence-corrected chi connectivity index (χ3v) is 4.05. The average Bonchev–Trinajstić information content (AvgIpc) is 2.56. The Labute approximate surface area is 137 Å². The van der Waals surface area contributed by atoms with Crippen molar-refractivity contribution < 1.29 is 9.53 Å². The van der Waals surface area contributed by atoms with E-state index in [1.54, 1.807) is 6.21 Å². The molecular weight excluding hydrogens is 288 g/mol. The fraction of sp³-hybridized carbons (Fsp3) is 0.263. The lowest BCUT2D eigenvalue weighted by molar-refractivity contribution is -0.131. The molecule has 2 rings (SSSR count). The van der Waals surface area contributed by atoms with E-state index in [1.165, 1.54) is 18.2 Å². The molecule has 0 heterocycles. The van der Waals surface area contributed by atoms with Gasteiger partial charge in [-0.1, -0.05) is 42.5 Å². The number of methoxy groups -OCH3 is 1. The van der Waals surface area contributed by atoms with Gasteiger partial charge in [-0.25, -0.2) is 5.43 Å². The third kappa shape index (κ3) is 4.05. The minimum Gasteiger partial charge on any atom is -0.367 e. The Kier molecular flexibility index (Phi) is 5.66. The number of carbonyl (C=O) groups excluding carboxylic acids is 1. The van der Waals surface area contributed by atoms with Crippen molar-refractivity contribution in [3.63, 3.8) is 0 Å². The van der Waals surface area contributed by atoms with Gasteiger partial charge < -0.3 is 4.74 Å². The van der Waals surface area contributed by atoms with Crippen LogP contribution in [-0.2, 0) is 9.53 Å². The van der Waals surface area contributed by atoms with Crippen LogP contribution in [0.15, 0.2) is 47.6 Å². The van der Waals surface area contributed by atoms with Gasteiger partial charge in [-0.2, -0.15) is 5.10 Å². The second-order valence-corrected chi connectivity index (χ2v) is 5.48. The Balaban J connectivity index is 2.08. The SMILES string of the molecule is COC(C(=O)NN=Cc1ccc(C)c(C)c1C)c1ccccc1. The largest absolute Gasteiger partial charge is 0.367 e. The highest BCUT2D eigenvalue weighted by molar-refractivity contribution is 5.86. The maximum atomic E-state index is 12.2. The lowest BCUT2D eigenvalue weighted by Crippen LogP contribution is -2.26. The molecule has 1 amide bonds. The first-order valence-electron chi connectivity index (χ1n) is 7.52. The van der Waals surface area contributed by atoms with Crippen molar-refractivity contribution in [2.24, 2.45) is 5.10 Å². The molecule has 1 unspecified atom stereocenters. The molecule has 0 aliphatic carbocycles. The van der Waals surface area contributed by atoms with Crippen molar-refractivity contribution in [1.29, 1.82) is 0 Å². The first-order chi connectivity index (χ1) is 11.0. The highest BCUT2D eigenvalue weighted by Crippen LogP contribution is 2.17. The molecule has 0 fully saturated rings. The fourth-order valence-corrected chi connectivity index (χ4v) is 2.36. The number of nitrogens with zero attached hydrogens (tertiary/aromatic N) is 1. The summed E-state index contributed by atoms with van der Waals surface area (Å²) in [5, 5.41) is 4.06. The Morgan fingerprint density at radius 3 is 2.43 bits per heavy atom. The first kappa shape index (κ1) is 16.9. The van der Waals surface area contributed by atoms with Crippen LogP contribution >= 0.6 is 0 Å². The number of amides is 1. The highest BCUT2D eigenvalue weighted by Gasteiger charge is 2.19. The van der Waals surface area contributed by atoms with Gasteiger partial charge in [-0.05, 0) is 48.6 Å². The topological polar surface area (TPSA) is 50.7 Å². The van der Waals surface area contributed by atoms with Gasteiger partial charge in [0.1, 0.15) is 0 Å². The van der Waals surface area contributed by atoms with Crippen molar-refractivity contribution in [2.45, 2.75) is 26.9 Å². The van der Waals surface area contributed by atoms with Gasteiger partial charge in [-0.3, -0.25) is 4.79 Å². The molecule has 0 bridgehead atoms. The third-order valence-electron chi connectivity index (χ3n) is 4.05. The zero-order valence-electron chi connectivity index (χ0n) is 14.0.